The number of aliphatic carboxylic acids is 1. The van der Waals surface area contributed by atoms with Crippen LogP contribution in [0.15, 0.2) is 12.3 Å². The molecule has 1 fully saturated rings. The van der Waals surface area contributed by atoms with Gasteiger partial charge in [0.25, 0.3) is 0 Å². The summed E-state index contributed by atoms with van der Waals surface area (Å²) in [5.41, 5.74) is 0.213. The van der Waals surface area contributed by atoms with E-state index in [9.17, 15) is 4.79 Å². The Morgan fingerprint density at radius 1 is 1.72 bits per heavy atom. The molecule has 0 saturated carbocycles. The Morgan fingerprint density at radius 2 is 2.50 bits per heavy atom. The molecule has 2 rings (SSSR count). The molecule has 0 amide bonds. The van der Waals surface area contributed by atoms with Gasteiger partial charge in [0.1, 0.15) is 17.8 Å². The number of methoxy groups -OCH3 is 1. The quantitative estimate of drug-likeness (QED) is 0.805. The molecule has 0 spiro atoms. The number of carboxylic acid groups (broad SMARTS) is 1. The van der Waals surface area contributed by atoms with Crippen molar-refractivity contribution in [1.29, 1.82) is 5.26 Å². The highest BCUT2D eigenvalue weighted by Gasteiger charge is 2.38. The summed E-state index contributed by atoms with van der Waals surface area (Å²) < 4.78 is 5.17. The number of anilines is 1. The number of nitriles is 1. The minimum Gasteiger partial charge on any atom is -0.480 e. The van der Waals surface area contributed by atoms with E-state index in [4.69, 9.17) is 15.1 Å². The summed E-state index contributed by atoms with van der Waals surface area (Å²) in [6.07, 6.45) is 1.66. The van der Waals surface area contributed by atoms with Gasteiger partial charge in [-0.3, -0.25) is 0 Å². The van der Waals surface area contributed by atoms with Crippen molar-refractivity contribution in [2.24, 2.45) is 0 Å². The van der Waals surface area contributed by atoms with Crippen LogP contribution in [0.4, 0.5) is 5.95 Å². The van der Waals surface area contributed by atoms with Gasteiger partial charge >= 0.3 is 5.97 Å². The highest BCUT2D eigenvalue weighted by molar-refractivity contribution is 5.78. The van der Waals surface area contributed by atoms with Crippen LogP contribution in [-0.4, -0.2) is 46.8 Å². The average molecular weight is 248 g/mol. The van der Waals surface area contributed by atoms with E-state index in [0.29, 0.717) is 13.0 Å². The van der Waals surface area contributed by atoms with Crippen molar-refractivity contribution in [3.05, 3.63) is 18.0 Å². The van der Waals surface area contributed by atoms with E-state index in [-0.39, 0.29) is 17.7 Å². The predicted octanol–water partition coefficient (Wildman–Crippen LogP) is 0.0266. The summed E-state index contributed by atoms with van der Waals surface area (Å²) in [4.78, 5) is 20.8. The van der Waals surface area contributed by atoms with Crippen LogP contribution in [0.3, 0.4) is 0 Å². The van der Waals surface area contributed by atoms with Gasteiger partial charge in [-0.15, -0.1) is 0 Å². The lowest BCUT2D eigenvalue weighted by Crippen LogP contribution is -2.37. The van der Waals surface area contributed by atoms with E-state index in [1.54, 1.807) is 12.0 Å². The molecule has 0 bridgehead atoms. The van der Waals surface area contributed by atoms with Gasteiger partial charge in [0, 0.05) is 26.3 Å². The maximum absolute atomic E-state index is 11.2. The molecule has 1 saturated heterocycles. The number of carbonyl (C=O) groups is 1. The van der Waals surface area contributed by atoms with Crippen molar-refractivity contribution in [2.75, 3.05) is 18.6 Å². The van der Waals surface area contributed by atoms with E-state index in [1.807, 2.05) is 6.07 Å². The van der Waals surface area contributed by atoms with Gasteiger partial charge in [0.2, 0.25) is 5.95 Å². The largest absolute Gasteiger partial charge is 0.480 e. The van der Waals surface area contributed by atoms with Gasteiger partial charge in [-0.2, -0.15) is 5.26 Å². The first kappa shape index (κ1) is 12.3. The molecule has 0 aliphatic carbocycles. The number of hydrogen-bond donors (Lipinski definition) is 1. The third-order valence-corrected chi connectivity index (χ3v) is 2.90. The Morgan fingerprint density at radius 3 is 3.11 bits per heavy atom. The molecule has 2 unspecified atom stereocenters. The average Bonchev–Trinajstić information content (AvgIpc) is 2.83. The summed E-state index contributed by atoms with van der Waals surface area (Å²) in [5, 5.41) is 17.9. The molecule has 2 heterocycles. The van der Waals surface area contributed by atoms with E-state index >= 15 is 0 Å². The molecule has 2 atom stereocenters. The molecule has 1 aliphatic rings. The van der Waals surface area contributed by atoms with Gasteiger partial charge in [0.05, 0.1) is 6.10 Å². The molecule has 1 N–H and O–H groups in total. The fourth-order valence-electron chi connectivity index (χ4n) is 1.97. The van der Waals surface area contributed by atoms with Crippen LogP contribution in [0.5, 0.6) is 0 Å². The summed E-state index contributed by atoms with van der Waals surface area (Å²) in [6, 6.07) is 2.66. The first-order valence-electron chi connectivity index (χ1n) is 5.41. The molecule has 1 aromatic rings. The van der Waals surface area contributed by atoms with Gasteiger partial charge in [-0.25, -0.2) is 14.8 Å². The summed E-state index contributed by atoms with van der Waals surface area (Å²) in [7, 11) is 1.54. The zero-order chi connectivity index (χ0) is 13.1. The van der Waals surface area contributed by atoms with Crippen molar-refractivity contribution in [3.63, 3.8) is 0 Å². The lowest BCUT2D eigenvalue weighted by atomic mass is 10.2. The molecular weight excluding hydrogens is 236 g/mol. The maximum atomic E-state index is 11.2. The van der Waals surface area contributed by atoms with Crippen molar-refractivity contribution < 1.29 is 14.6 Å². The van der Waals surface area contributed by atoms with Crippen LogP contribution in [0.2, 0.25) is 0 Å². The lowest BCUT2D eigenvalue weighted by molar-refractivity contribution is -0.138. The Kier molecular flexibility index (Phi) is 3.39. The monoisotopic (exact) mass is 248 g/mol. The topological polar surface area (TPSA) is 99.3 Å². The van der Waals surface area contributed by atoms with Crippen LogP contribution >= 0.6 is 0 Å². The molecule has 1 aromatic heterocycles. The Hall–Kier alpha value is -2.20. The first-order chi connectivity index (χ1) is 8.65. The fourth-order valence-corrected chi connectivity index (χ4v) is 1.97. The molecule has 94 valence electrons. The number of hydrogen-bond acceptors (Lipinski definition) is 6. The normalized spacial score (nSPS) is 22.8. The van der Waals surface area contributed by atoms with Gasteiger partial charge < -0.3 is 14.7 Å². The smallest absolute Gasteiger partial charge is 0.326 e. The fraction of sp³-hybridized carbons (Fsp3) is 0.455. The van der Waals surface area contributed by atoms with E-state index in [2.05, 4.69) is 9.97 Å². The second-order valence-electron chi connectivity index (χ2n) is 3.95. The highest BCUT2D eigenvalue weighted by atomic mass is 16.5. The maximum Gasteiger partial charge on any atom is 0.326 e. The van der Waals surface area contributed by atoms with Gasteiger partial charge in [-0.1, -0.05) is 0 Å². The van der Waals surface area contributed by atoms with E-state index < -0.39 is 12.0 Å². The zero-order valence-corrected chi connectivity index (χ0v) is 9.78. The number of aromatic nitrogens is 2. The van der Waals surface area contributed by atoms with Crippen LogP contribution in [0.1, 0.15) is 12.1 Å². The van der Waals surface area contributed by atoms with Crippen molar-refractivity contribution >= 4 is 11.9 Å². The predicted molar refractivity (Wildman–Crippen MR) is 60.9 cm³/mol. The standard InChI is InChI=1S/C11H12N4O3/c1-18-8-4-9(10(16)17)15(6-8)11-13-3-2-7(5-12)14-11/h2-3,8-9H,4,6H2,1H3,(H,16,17). The van der Waals surface area contributed by atoms with Crippen molar-refractivity contribution in [3.8, 4) is 6.07 Å². The number of nitrogens with zero attached hydrogens (tertiary/aromatic N) is 4. The molecule has 0 aromatic carbocycles. The van der Waals surface area contributed by atoms with Crippen LogP contribution in [0, 0.1) is 11.3 Å². The van der Waals surface area contributed by atoms with Gasteiger partial charge in [-0.05, 0) is 6.07 Å². The summed E-state index contributed by atoms with van der Waals surface area (Å²) in [6.45, 7) is 0.405. The van der Waals surface area contributed by atoms with Gasteiger partial charge in [0.15, 0.2) is 0 Å². The molecular formula is C11H12N4O3. The molecule has 1 aliphatic heterocycles. The molecule has 7 heteroatoms. The van der Waals surface area contributed by atoms with Crippen molar-refractivity contribution in [1.82, 2.24) is 9.97 Å². The lowest BCUT2D eigenvalue weighted by Gasteiger charge is -2.20. The van der Waals surface area contributed by atoms with E-state index in [0.717, 1.165) is 0 Å². The Balaban J connectivity index is 2.30. The molecule has 18 heavy (non-hydrogen) atoms. The second-order valence-corrected chi connectivity index (χ2v) is 3.95. The summed E-state index contributed by atoms with van der Waals surface area (Å²) in [5.74, 6) is -0.693. The third-order valence-electron chi connectivity index (χ3n) is 2.90. The summed E-state index contributed by atoms with van der Waals surface area (Å²) >= 11 is 0. The number of ether oxygens (including phenoxy) is 1. The second kappa shape index (κ2) is 4.98. The third kappa shape index (κ3) is 2.24. The number of carboxylic acids is 1. The molecule has 0 radical (unpaired) electrons. The first-order valence-corrected chi connectivity index (χ1v) is 5.41. The Bertz CT molecular complexity index is 499. The van der Waals surface area contributed by atoms with E-state index in [1.165, 1.54) is 12.3 Å². The highest BCUT2D eigenvalue weighted by Crippen LogP contribution is 2.24. The number of rotatable bonds is 3. The minimum absolute atomic E-state index is 0.166. The van der Waals surface area contributed by atoms with Crippen LogP contribution in [-0.2, 0) is 9.53 Å². The van der Waals surface area contributed by atoms with Crippen LogP contribution < -0.4 is 4.90 Å². The minimum atomic E-state index is -0.944. The van der Waals surface area contributed by atoms with Crippen LogP contribution in [0.25, 0.3) is 0 Å². The van der Waals surface area contributed by atoms with Crippen molar-refractivity contribution in [2.45, 2.75) is 18.6 Å². The zero-order valence-electron chi connectivity index (χ0n) is 9.78. The Labute approximate surface area is 104 Å². The SMILES string of the molecule is COC1CC(C(=O)O)N(c2nccc(C#N)n2)C1. The molecule has 7 nitrogen and oxygen atoms in total.